The molecule has 2 heterocycles. The van der Waals surface area contributed by atoms with Crippen LogP contribution in [0, 0.1) is 13.8 Å². The quantitative estimate of drug-likeness (QED) is 0.672. The van der Waals surface area contributed by atoms with Gasteiger partial charge in [0.25, 0.3) is 11.5 Å². The van der Waals surface area contributed by atoms with Crippen molar-refractivity contribution in [2.75, 3.05) is 6.54 Å². The minimum Gasteiger partial charge on any atom is -0.481 e. The average Bonchev–Trinajstić information content (AvgIpc) is 3.17. The van der Waals surface area contributed by atoms with Crippen molar-refractivity contribution in [1.29, 1.82) is 0 Å². The van der Waals surface area contributed by atoms with E-state index >= 15 is 0 Å². The Labute approximate surface area is 162 Å². The van der Waals surface area contributed by atoms with Crippen molar-refractivity contribution in [2.24, 2.45) is 0 Å². The Kier molecular flexibility index (Phi) is 5.88. The Balaban J connectivity index is 1.56. The number of benzene rings is 1. The number of nitrogens with one attached hydrogen (secondary N) is 1. The SMILES string of the molecule is Cc1cc(C)cc(OC(C)C(=O)NCCn2nc(-n3cccn3)ccc2=O)c1. The summed E-state index contributed by atoms with van der Waals surface area (Å²) in [4.78, 5) is 24.3. The second-order valence-electron chi connectivity index (χ2n) is 6.58. The van der Waals surface area contributed by atoms with Gasteiger partial charge in [-0.15, -0.1) is 5.10 Å². The van der Waals surface area contributed by atoms with Crippen LogP contribution in [0.15, 0.2) is 53.6 Å². The van der Waals surface area contributed by atoms with Crippen molar-refractivity contribution in [3.05, 3.63) is 70.3 Å². The third-order valence-electron chi connectivity index (χ3n) is 4.09. The van der Waals surface area contributed by atoms with Crippen LogP contribution in [0.3, 0.4) is 0 Å². The lowest BCUT2D eigenvalue weighted by molar-refractivity contribution is -0.127. The summed E-state index contributed by atoms with van der Waals surface area (Å²) in [5.41, 5.74) is 1.90. The lowest BCUT2D eigenvalue weighted by Gasteiger charge is -2.16. The van der Waals surface area contributed by atoms with E-state index in [9.17, 15) is 9.59 Å². The van der Waals surface area contributed by atoms with Gasteiger partial charge in [-0.1, -0.05) is 6.07 Å². The maximum Gasteiger partial charge on any atom is 0.266 e. The molecule has 0 radical (unpaired) electrons. The number of aromatic nitrogens is 4. The molecule has 3 aromatic rings. The number of amides is 1. The molecule has 1 N–H and O–H groups in total. The number of carbonyl (C=O) groups excluding carboxylic acids is 1. The highest BCUT2D eigenvalue weighted by Crippen LogP contribution is 2.17. The van der Waals surface area contributed by atoms with Gasteiger partial charge < -0.3 is 10.1 Å². The molecular formula is C20H23N5O3. The first-order valence-corrected chi connectivity index (χ1v) is 9.03. The summed E-state index contributed by atoms with van der Waals surface area (Å²) in [6.07, 6.45) is 2.72. The molecule has 0 aliphatic heterocycles. The summed E-state index contributed by atoms with van der Waals surface area (Å²) in [5.74, 6) is 0.933. The first-order valence-electron chi connectivity index (χ1n) is 9.03. The van der Waals surface area contributed by atoms with Gasteiger partial charge in [-0.05, 0) is 56.2 Å². The molecule has 0 saturated heterocycles. The molecule has 1 aromatic carbocycles. The zero-order valence-electron chi connectivity index (χ0n) is 16.1. The van der Waals surface area contributed by atoms with Gasteiger partial charge in [0.1, 0.15) is 5.75 Å². The summed E-state index contributed by atoms with van der Waals surface area (Å²) in [7, 11) is 0. The molecule has 0 spiro atoms. The van der Waals surface area contributed by atoms with Gasteiger partial charge >= 0.3 is 0 Å². The predicted molar refractivity (Wildman–Crippen MR) is 105 cm³/mol. The van der Waals surface area contributed by atoms with Crippen molar-refractivity contribution in [1.82, 2.24) is 24.9 Å². The first-order chi connectivity index (χ1) is 13.4. The van der Waals surface area contributed by atoms with Crippen LogP contribution in [0.25, 0.3) is 5.82 Å². The second kappa shape index (κ2) is 8.51. The molecule has 1 unspecified atom stereocenters. The predicted octanol–water partition coefficient (Wildman–Crippen LogP) is 1.63. The smallest absolute Gasteiger partial charge is 0.266 e. The molecule has 1 amide bonds. The molecule has 2 aromatic heterocycles. The normalized spacial score (nSPS) is 11.8. The van der Waals surface area contributed by atoms with E-state index in [4.69, 9.17) is 4.74 Å². The van der Waals surface area contributed by atoms with Crippen molar-refractivity contribution in [3.63, 3.8) is 0 Å². The molecule has 3 rings (SSSR count). The molecule has 8 nitrogen and oxygen atoms in total. The third kappa shape index (κ3) is 4.85. The number of hydrogen-bond acceptors (Lipinski definition) is 5. The average molecular weight is 381 g/mol. The van der Waals surface area contributed by atoms with E-state index in [-0.39, 0.29) is 24.6 Å². The third-order valence-corrected chi connectivity index (χ3v) is 4.09. The number of carbonyl (C=O) groups is 1. The van der Waals surface area contributed by atoms with Crippen molar-refractivity contribution in [3.8, 4) is 11.6 Å². The van der Waals surface area contributed by atoms with E-state index in [2.05, 4.69) is 15.5 Å². The van der Waals surface area contributed by atoms with Gasteiger partial charge in [-0.25, -0.2) is 9.36 Å². The van der Waals surface area contributed by atoms with Gasteiger partial charge in [-0.2, -0.15) is 5.10 Å². The van der Waals surface area contributed by atoms with Gasteiger partial charge in [-0.3, -0.25) is 9.59 Å². The van der Waals surface area contributed by atoms with Crippen LogP contribution < -0.4 is 15.6 Å². The Morgan fingerprint density at radius 1 is 1.21 bits per heavy atom. The van der Waals surface area contributed by atoms with Crippen LogP contribution in [0.1, 0.15) is 18.1 Å². The van der Waals surface area contributed by atoms with E-state index in [1.165, 1.54) is 10.7 Å². The van der Waals surface area contributed by atoms with Gasteiger partial charge in [0.15, 0.2) is 11.9 Å². The first kappa shape index (κ1) is 19.3. The molecular weight excluding hydrogens is 358 g/mol. The summed E-state index contributed by atoms with van der Waals surface area (Å²) in [6.45, 7) is 6.15. The maximum absolute atomic E-state index is 12.3. The van der Waals surface area contributed by atoms with E-state index in [0.29, 0.717) is 11.6 Å². The number of nitrogens with zero attached hydrogens (tertiary/aromatic N) is 4. The van der Waals surface area contributed by atoms with E-state index in [1.807, 2.05) is 32.0 Å². The summed E-state index contributed by atoms with van der Waals surface area (Å²) in [6, 6.07) is 10.6. The van der Waals surface area contributed by atoms with Crippen LogP contribution in [0.4, 0.5) is 0 Å². The van der Waals surface area contributed by atoms with Crippen LogP contribution >= 0.6 is 0 Å². The zero-order valence-corrected chi connectivity index (χ0v) is 16.1. The number of hydrogen-bond donors (Lipinski definition) is 1. The van der Waals surface area contributed by atoms with Crippen LogP contribution in [-0.2, 0) is 11.3 Å². The van der Waals surface area contributed by atoms with E-state index < -0.39 is 6.10 Å². The minimum absolute atomic E-state index is 0.246. The standard InChI is InChI=1S/C20H23N5O3/c1-14-11-15(2)13-17(12-14)28-16(3)20(27)21-8-10-25-19(26)6-5-18(23-25)24-9-4-7-22-24/h4-7,9,11-13,16H,8,10H2,1-3H3,(H,21,27). The van der Waals surface area contributed by atoms with Crippen molar-refractivity contribution < 1.29 is 9.53 Å². The fourth-order valence-electron chi connectivity index (χ4n) is 2.81. The monoisotopic (exact) mass is 381 g/mol. The summed E-state index contributed by atoms with van der Waals surface area (Å²) < 4.78 is 8.59. The fraction of sp³-hybridized carbons (Fsp3) is 0.300. The summed E-state index contributed by atoms with van der Waals surface area (Å²) in [5, 5.41) is 11.1. The highest BCUT2D eigenvalue weighted by atomic mass is 16.5. The van der Waals surface area contributed by atoms with E-state index in [1.54, 1.807) is 36.1 Å². The molecule has 0 aliphatic rings. The molecule has 0 fully saturated rings. The second-order valence-corrected chi connectivity index (χ2v) is 6.58. The summed E-state index contributed by atoms with van der Waals surface area (Å²) >= 11 is 0. The molecule has 146 valence electrons. The van der Waals surface area contributed by atoms with Crippen LogP contribution in [0.2, 0.25) is 0 Å². The maximum atomic E-state index is 12.3. The lowest BCUT2D eigenvalue weighted by Crippen LogP contribution is -2.39. The molecule has 0 bridgehead atoms. The number of rotatable bonds is 7. The number of aryl methyl sites for hydroxylation is 2. The highest BCUT2D eigenvalue weighted by Gasteiger charge is 2.14. The van der Waals surface area contributed by atoms with Gasteiger partial charge in [0.05, 0.1) is 6.54 Å². The van der Waals surface area contributed by atoms with Gasteiger partial charge in [0.2, 0.25) is 0 Å². The topological polar surface area (TPSA) is 91.0 Å². The molecule has 0 aliphatic carbocycles. The largest absolute Gasteiger partial charge is 0.481 e. The van der Waals surface area contributed by atoms with Gasteiger partial charge in [0, 0.05) is 25.0 Å². The highest BCUT2D eigenvalue weighted by molar-refractivity contribution is 5.80. The number of ether oxygens (including phenoxy) is 1. The minimum atomic E-state index is -0.652. The van der Waals surface area contributed by atoms with Crippen molar-refractivity contribution in [2.45, 2.75) is 33.4 Å². The van der Waals surface area contributed by atoms with Crippen molar-refractivity contribution >= 4 is 5.91 Å². The molecule has 8 heteroatoms. The Morgan fingerprint density at radius 3 is 2.64 bits per heavy atom. The van der Waals surface area contributed by atoms with Crippen LogP contribution in [-0.4, -0.2) is 38.1 Å². The molecule has 0 saturated carbocycles. The van der Waals surface area contributed by atoms with E-state index in [0.717, 1.165) is 11.1 Å². The zero-order chi connectivity index (χ0) is 20.1. The Morgan fingerprint density at radius 2 is 1.96 bits per heavy atom. The lowest BCUT2D eigenvalue weighted by atomic mass is 10.1. The van der Waals surface area contributed by atoms with Crippen LogP contribution in [0.5, 0.6) is 5.75 Å². The Hall–Kier alpha value is -3.42. The fourth-order valence-corrected chi connectivity index (χ4v) is 2.81. The molecule has 1 atom stereocenters. The molecule has 28 heavy (non-hydrogen) atoms. The Bertz CT molecular complexity index is 991.